The molecule has 0 spiro atoms. The largest absolute Gasteiger partial charge is 0.243 e. The normalized spacial score (nSPS) is 19.3. The van der Waals surface area contributed by atoms with Gasteiger partial charge in [0.15, 0.2) is 0 Å². The maximum absolute atomic E-state index is 13.7. The molecule has 1 heterocycles. The zero-order chi connectivity index (χ0) is 21.4. The molecule has 30 heavy (non-hydrogen) atoms. The Kier molecular flexibility index (Phi) is 5.56. The van der Waals surface area contributed by atoms with Gasteiger partial charge in [-0.15, -0.1) is 0 Å². The summed E-state index contributed by atoms with van der Waals surface area (Å²) < 4.78 is 29.2. The SMILES string of the molecule is Cc1ccc(S(=O)(=O)N2CC(c3ccccc3)(c3ccccc3)CC2C(C)C)cc1. The summed E-state index contributed by atoms with van der Waals surface area (Å²) in [7, 11) is -3.60. The number of nitrogens with zero attached hydrogens (tertiary/aromatic N) is 1. The van der Waals surface area contributed by atoms with Gasteiger partial charge in [0.1, 0.15) is 0 Å². The molecule has 0 radical (unpaired) electrons. The summed E-state index contributed by atoms with van der Waals surface area (Å²) in [4.78, 5) is 0.371. The third-order valence-corrected chi connectivity index (χ3v) is 8.29. The Morgan fingerprint density at radius 3 is 1.80 bits per heavy atom. The van der Waals surface area contributed by atoms with Crippen molar-refractivity contribution in [3.63, 3.8) is 0 Å². The van der Waals surface area contributed by atoms with Gasteiger partial charge >= 0.3 is 0 Å². The molecule has 3 aromatic carbocycles. The fraction of sp³-hybridized carbons (Fsp3) is 0.308. The minimum atomic E-state index is -3.60. The fourth-order valence-electron chi connectivity index (χ4n) is 4.68. The van der Waals surface area contributed by atoms with E-state index in [4.69, 9.17) is 0 Å². The van der Waals surface area contributed by atoms with Crippen LogP contribution in [0.15, 0.2) is 89.8 Å². The van der Waals surface area contributed by atoms with Gasteiger partial charge in [0.2, 0.25) is 10.0 Å². The molecule has 0 aliphatic carbocycles. The van der Waals surface area contributed by atoms with Crippen molar-refractivity contribution < 1.29 is 8.42 Å². The Morgan fingerprint density at radius 1 is 0.833 bits per heavy atom. The quantitative estimate of drug-likeness (QED) is 0.555. The van der Waals surface area contributed by atoms with Crippen LogP contribution in [0.25, 0.3) is 0 Å². The standard InChI is InChI=1S/C26H29NO2S/c1-20(2)25-18-26(22-10-6-4-7-11-22,23-12-8-5-9-13-23)19-27(25)30(28,29)24-16-14-21(3)15-17-24/h4-17,20,25H,18-19H2,1-3H3. The Labute approximate surface area is 180 Å². The first kappa shape index (κ1) is 20.8. The molecule has 1 fully saturated rings. The molecule has 4 rings (SSSR count). The lowest BCUT2D eigenvalue weighted by atomic mass is 9.72. The Hall–Kier alpha value is -2.43. The van der Waals surface area contributed by atoms with Crippen LogP contribution in [0.3, 0.4) is 0 Å². The molecule has 156 valence electrons. The first-order valence-electron chi connectivity index (χ1n) is 10.5. The van der Waals surface area contributed by atoms with E-state index in [9.17, 15) is 8.42 Å². The van der Waals surface area contributed by atoms with E-state index in [0.29, 0.717) is 11.4 Å². The molecule has 0 bridgehead atoms. The second-order valence-corrected chi connectivity index (χ2v) is 10.6. The maximum atomic E-state index is 13.7. The van der Waals surface area contributed by atoms with Crippen molar-refractivity contribution >= 4 is 10.0 Å². The van der Waals surface area contributed by atoms with Crippen LogP contribution in [0.1, 0.15) is 37.0 Å². The lowest BCUT2D eigenvalue weighted by Gasteiger charge is -2.30. The summed E-state index contributed by atoms with van der Waals surface area (Å²) in [6.07, 6.45) is 0.768. The predicted octanol–water partition coefficient (Wildman–Crippen LogP) is 5.40. The molecular weight excluding hydrogens is 390 g/mol. The van der Waals surface area contributed by atoms with Crippen molar-refractivity contribution in [2.45, 2.75) is 43.5 Å². The highest BCUT2D eigenvalue weighted by molar-refractivity contribution is 7.89. The average Bonchev–Trinajstić information content (AvgIpc) is 3.19. The minimum absolute atomic E-state index is 0.0725. The molecule has 4 heteroatoms. The number of hydrogen-bond donors (Lipinski definition) is 0. The van der Waals surface area contributed by atoms with Crippen molar-refractivity contribution in [2.24, 2.45) is 5.92 Å². The van der Waals surface area contributed by atoms with Crippen LogP contribution in [0.2, 0.25) is 0 Å². The molecule has 1 atom stereocenters. The number of aryl methyl sites for hydroxylation is 1. The monoisotopic (exact) mass is 419 g/mol. The van der Waals surface area contributed by atoms with Crippen LogP contribution in [0.4, 0.5) is 0 Å². The van der Waals surface area contributed by atoms with Gasteiger partial charge < -0.3 is 0 Å². The summed E-state index contributed by atoms with van der Waals surface area (Å²) in [5, 5.41) is 0. The van der Waals surface area contributed by atoms with Crippen molar-refractivity contribution in [1.29, 1.82) is 0 Å². The molecule has 1 saturated heterocycles. The third kappa shape index (κ3) is 3.59. The van der Waals surface area contributed by atoms with Gasteiger partial charge in [-0.3, -0.25) is 0 Å². The zero-order valence-electron chi connectivity index (χ0n) is 17.8. The van der Waals surface area contributed by atoms with Crippen LogP contribution in [0.5, 0.6) is 0 Å². The van der Waals surface area contributed by atoms with Gasteiger partial charge in [-0.25, -0.2) is 8.42 Å². The van der Waals surface area contributed by atoms with Gasteiger partial charge in [0.25, 0.3) is 0 Å². The van der Waals surface area contributed by atoms with Gasteiger partial charge in [-0.2, -0.15) is 4.31 Å². The van der Waals surface area contributed by atoms with E-state index in [2.05, 4.69) is 38.1 Å². The lowest BCUT2D eigenvalue weighted by Crippen LogP contribution is -2.39. The van der Waals surface area contributed by atoms with E-state index in [0.717, 1.165) is 12.0 Å². The number of benzene rings is 3. The Bertz CT molecular complexity index is 1050. The molecule has 3 nitrogen and oxygen atoms in total. The third-order valence-electron chi connectivity index (χ3n) is 6.40. The second-order valence-electron chi connectivity index (χ2n) is 8.69. The first-order chi connectivity index (χ1) is 14.3. The van der Waals surface area contributed by atoms with Crippen LogP contribution in [-0.4, -0.2) is 25.3 Å². The van der Waals surface area contributed by atoms with Crippen LogP contribution < -0.4 is 0 Å². The summed E-state index contributed by atoms with van der Waals surface area (Å²) in [5.41, 5.74) is 3.03. The lowest BCUT2D eigenvalue weighted by molar-refractivity contribution is 0.316. The molecule has 0 amide bonds. The van der Waals surface area contributed by atoms with E-state index in [1.54, 1.807) is 16.4 Å². The van der Waals surface area contributed by atoms with Crippen LogP contribution >= 0.6 is 0 Å². The number of sulfonamides is 1. The van der Waals surface area contributed by atoms with E-state index in [-0.39, 0.29) is 17.4 Å². The summed E-state index contributed by atoms with van der Waals surface area (Å²) in [5.74, 6) is 0.208. The highest BCUT2D eigenvalue weighted by Gasteiger charge is 2.51. The molecule has 0 N–H and O–H groups in total. The molecular formula is C26H29NO2S. The topological polar surface area (TPSA) is 37.4 Å². The van der Waals surface area contributed by atoms with Crippen molar-refractivity contribution in [2.75, 3.05) is 6.54 Å². The first-order valence-corrected chi connectivity index (χ1v) is 12.0. The molecule has 0 saturated carbocycles. The average molecular weight is 420 g/mol. The predicted molar refractivity (Wildman–Crippen MR) is 122 cm³/mol. The second kappa shape index (κ2) is 8.01. The number of rotatable bonds is 5. The van der Waals surface area contributed by atoms with Gasteiger partial charge in [-0.05, 0) is 42.5 Å². The maximum Gasteiger partial charge on any atom is 0.243 e. The van der Waals surface area contributed by atoms with E-state index < -0.39 is 10.0 Å². The highest BCUT2D eigenvalue weighted by atomic mass is 32.2. The van der Waals surface area contributed by atoms with Gasteiger partial charge in [-0.1, -0.05) is 92.2 Å². The zero-order valence-corrected chi connectivity index (χ0v) is 18.6. The molecule has 1 unspecified atom stereocenters. The van der Waals surface area contributed by atoms with E-state index >= 15 is 0 Å². The summed E-state index contributed by atoms with van der Waals surface area (Å²) in [6.45, 7) is 6.65. The van der Waals surface area contributed by atoms with Crippen molar-refractivity contribution in [1.82, 2.24) is 4.31 Å². The molecule has 1 aliphatic heterocycles. The minimum Gasteiger partial charge on any atom is -0.207 e. The molecule has 0 aromatic heterocycles. The Morgan fingerprint density at radius 2 is 1.33 bits per heavy atom. The smallest absolute Gasteiger partial charge is 0.207 e. The molecule has 1 aliphatic rings. The summed E-state index contributed by atoms with van der Waals surface area (Å²) >= 11 is 0. The number of hydrogen-bond acceptors (Lipinski definition) is 2. The highest BCUT2D eigenvalue weighted by Crippen LogP contribution is 2.47. The Balaban J connectivity index is 1.86. The van der Waals surface area contributed by atoms with Crippen molar-refractivity contribution in [3.8, 4) is 0 Å². The van der Waals surface area contributed by atoms with E-state index in [1.807, 2.05) is 55.5 Å². The van der Waals surface area contributed by atoms with E-state index in [1.165, 1.54) is 11.1 Å². The summed E-state index contributed by atoms with van der Waals surface area (Å²) in [6, 6.07) is 27.8. The molecule has 3 aromatic rings. The van der Waals surface area contributed by atoms with Gasteiger partial charge in [0.05, 0.1) is 4.90 Å². The van der Waals surface area contributed by atoms with Crippen LogP contribution in [0, 0.1) is 12.8 Å². The fourth-order valence-corrected chi connectivity index (χ4v) is 6.50. The van der Waals surface area contributed by atoms with Gasteiger partial charge in [0, 0.05) is 18.0 Å². The van der Waals surface area contributed by atoms with Crippen LogP contribution in [-0.2, 0) is 15.4 Å². The van der Waals surface area contributed by atoms with Crippen molar-refractivity contribution in [3.05, 3.63) is 102 Å².